The van der Waals surface area contributed by atoms with Crippen LogP contribution in [0.3, 0.4) is 0 Å². The first-order valence-electron chi connectivity index (χ1n) is 9.21. The zero-order valence-electron chi connectivity index (χ0n) is 15.8. The molecule has 154 valence electrons. The van der Waals surface area contributed by atoms with Gasteiger partial charge in [-0.05, 0) is 30.5 Å². The summed E-state index contributed by atoms with van der Waals surface area (Å²) in [5, 5.41) is 48.4. The fraction of sp³-hybridized carbons (Fsp3) is 0.600. The van der Waals surface area contributed by atoms with Crippen LogP contribution in [-0.2, 0) is 11.3 Å². The average molecular weight is 384 g/mol. The predicted molar refractivity (Wildman–Crippen MR) is 101 cm³/mol. The second-order valence-corrected chi connectivity index (χ2v) is 6.44. The quantitative estimate of drug-likeness (QED) is 0.237. The third-order valence-corrected chi connectivity index (χ3v) is 4.19. The van der Waals surface area contributed by atoms with Gasteiger partial charge < -0.3 is 35.0 Å². The van der Waals surface area contributed by atoms with Crippen molar-refractivity contribution in [3.05, 3.63) is 42.5 Å². The van der Waals surface area contributed by atoms with Gasteiger partial charge in [-0.1, -0.05) is 31.6 Å². The third-order valence-electron chi connectivity index (χ3n) is 4.19. The summed E-state index contributed by atoms with van der Waals surface area (Å²) in [4.78, 5) is 0. The molecule has 0 aliphatic carbocycles. The lowest BCUT2D eigenvalue weighted by Crippen LogP contribution is -2.50. The Labute approximate surface area is 160 Å². The van der Waals surface area contributed by atoms with E-state index < -0.39 is 37.1 Å². The van der Waals surface area contributed by atoms with Gasteiger partial charge >= 0.3 is 0 Å². The van der Waals surface area contributed by atoms with Crippen molar-refractivity contribution < 1.29 is 35.0 Å². The van der Waals surface area contributed by atoms with Gasteiger partial charge in [-0.25, -0.2) is 0 Å². The minimum absolute atomic E-state index is 0.159. The standard InChI is InChI=1S/C20H32O7/c1-3-5-10-26-15-9-6-8-14(11-15)13-27-17(7-4-2)19(24)20(25)18(23)16(22)12-21/h4,6,8-9,11,16-25H,2-3,5,7,10,12-13H2,1H3. The fourth-order valence-corrected chi connectivity index (χ4v) is 2.49. The van der Waals surface area contributed by atoms with E-state index in [0.717, 1.165) is 24.2 Å². The zero-order valence-corrected chi connectivity index (χ0v) is 15.8. The number of ether oxygens (including phenoxy) is 2. The second-order valence-electron chi connectivity index (χ2n) is 6.44. The Morgan fingerprint density at radius 3 is 2.48 bits per heavy atom. The van der Waals surface area contributed by atoms with Crippen molar-refractivity contribution in [2.75, 3.05) is 13.2 Å². The van der Waals surface area contributed by atoms with Gasteiger partial charge in [-0.3, -0.25) is 0 Å². The highest BCUT2D eigenvalue weighted by atomic mass is 16.5. The van der Waals surface area contributed by atoms with Crippen LogP contribution in [0, 0.1) is 0 Å². The molecule has 0 spiro atoms. The number of unbranched alkanes of at least 4 members (excludes halogenated alkanes) is 1. The topological polar surface area (TPSA) is 120 Å². The van der Waals surface area contributed by atoms with Gasteiger partial charge in [0.25, 0.3) is 0 Å². The van der Waals surface area contributed by atoms with Gasteiger partial charge in [0.1, 0.15) is 30.2 Å². The first-order valence-corrected chi connectivity index (χ1v) is 9.21. The van der Waals surface area contributed by atoms with Crippen molar-refractivity contribution in [3.8, 4) is 5.75 Å². The minimum atomic E-state index is -1.70. The lowest BCUT2D eigenvalue weighted by Gasteiger charge is -2.30. The highest BCUT2D eigenvalue weighted by Gasteiger charge is 2.34. The predicted octanol–water partition coefficient (Wildman–Crippen LogP) is 0.763. The smallest absolute Gasteiger partial charge is 0.119 e. The van der Waals surface area contributed by atoms with Crippen LogP contribution in [0.1, 0.15) is 31.7 Å². The Morgan fingerprint density at radius 2 is 1.85 bits per heavy atom. The number of hydrogen-bond donors (Lipinski definition) is 5. The van der Waals surface area contributed by atoms with Gasteiger partial charge in [-0.15, -0.1) is 6.58 Å². The summed E-state index contributed by atoms with van der Waals surface area (Å²) in [7, 11) is 0. The van der Waals surface area contributed by atoms with E-state index >= 15 is 0 Å². The van der Waals surface area contributed by atoms with E-state index in [4.69, 9.17) is 14.6 Å². The maximum atomic E-state index is 10.3. The fourth-order valence-electron chi connectivity index (χ4n) is 2.49. The maximum Gasteiger partial charge on any atom is 0.119 e. The molecular weight excluding hydrogens is 352 g/mol. The van der Waals surface area contributed by atoms with E-state index in [1.807, 2.05) is 24.3 Å². The monoisotopic (exact) mass is 384 g/mol. The summed E-state index contributed by atoms with van der Waals surface area (Å²) < 4.78 is 11.4. The molecule has 7 heteroatoms. The van der Waals surface area contributed by atoms with Crippen molar-refractivity contribution in [2.24, 2.45) is 0 Å². The Hall–Kier alpha value is -1.48. The van der Waals surface area contributed by atoms with Crippen molar-refractivity contribution >= 4 is 0 Å². The summed E-state index contributed by atoms with van der Waals surface area (Å²) >= 11 is 0. The molecule has 1 rings (SSSR count). The van der Waals surface area contributed by atoms with E-state index in [2.05, 4.69) is 13.5 Å². The van der Waals surface area contributed by atoms with E-state index in [0.29, 0.717) is 6.61 Å². The molecule has 5 N–H and O–H groups in total. The summed E-state index contributed by atoms with van der Waals surface area (Å²) in [6.07, 6.45) is -3.48. The third kappa shape index (κ3) is 7.96. The molecule has 0 radical (unpaired) electrons. The van der Waals surface area contributed by atoms with Gasteiger partial charge in [0.05, 0.1) is 25.9 Å². The van der Waals surface area contributed by atoms with Crippen molar-refractivity contribution in [3.63, 3.8) is 0 Å². The first kappa shape index (κ1) is 23.6. The molecule has 0 heterocycles. The van der Waals surface area contributed by atoms with Crippen molar-refractivity contribution in [1.29, 1.82) is 0 Å². The van der Waals surface area contributed by atoms with E-state index in [1.165, 1.54) is 6.08 Å². The number of aliphatic hydroxyl groups excluding tert-OH is 5. The second kappa shape index (κ2) is 12.8. The highest BCUT2D eigenvalue weighted by Crippen LogP contribution is 2.19. The van der Waals surface area contributed by atoms with Crippen LogP contribution >= 0.6 is 0 Å². The summed E-state index contributed by atoms with van der Waals surface area (Å²) in [5.41, 5.74) is 0.829. The molecule has 0 fully saturated rings. The van der Waals surface area contributed by atoms with Crippen molar-refractivity contribution in [1.82, 2.24) is 0 Å². The van der Waals surface area contributed by atoms with Gasteiger partial charge in [0.15, 0.2) is 0 Å². The van der Waals surface area contributed by atoms with Crippen LogP contribution in [0.25, 0.3) is 0 Å². The number of benzene rings is 1. The average Bonchev–Trinajstić information content (AvgIpc) is 2.69. The van der Waals surface area contributed by atoms with Gasteiger partial charge in [0.2, 0.25) is 0 Å². The summed E-state index contributed by atoms with van der Waals surface area (Å²) in [6, 6.07) is 7.39. The van der Waals surface area contributed by atoms with Gasteiger partial charge in [0, 0.05) is 0 Å². The molecular formula is C20H32O7. The summed E-state index contributed by atoms with van der Waals surface area (Å²) in [5.74, 6) is 0.729. The minimum Gasteiger partial charge on any atom is -0.494 e. The Balaban J connectivity index is 2.69. The summed E-state index contributed by atoms with van der Waals surface area (Å²) in [6.45, 7) is 5.75. The van der Waals surface area contributed by atoms with Crippen LogP contribution in [0.4, 0.5) is 0 Å². The lowest BCUT2D eigenvalue weighted by atomic mass is 9.97. The molecule has 0 bridgehead atoms. The lowest BCUT2D eigenvalue weighted by molar-refractivity contribution is -0.152. The zero-order chi connectivity index (χ0) is 20.2. The molecule has 27 heavy (non-hydrogen) atoms. The molecule has 7 nitrogen and oxygen atoms in total. The van der Waals surface area contributed by atoms with E-state index in [-0.39, 0.29) is 13.0 Å². The molecule has 1 aromatic carbocycles. The van der Waals surface area contributed by atoms with Crippen LogP contribution in [-0.4, -0.2) is 69.3 Å². The molecule has 0 aliphatic rings. The molecule has 5 unspecified atom stereocenters. The van der Waals surface area contributed by atoms with E-state index in [9.17, 15) is 20.4 Å². The van der Waals surface area contributed by atoms with Crippen LogP contribution in [0.2, 0.25) is 0 Å². The molecule has 0 amide bonds. The maximum absolute atomic E-state index is 10.3. The normalized spacial score (nSPS) is 17.0. The Morgan fingerprint density at radius 1 is 1.11 bits per heavy atom. The molecule has 0 saturated heterocycles. The molecule has 0 aliphatic heterocycles. The number of rotatable bonds is 14. The SMILES string of the molecule is C=CCC(OCc1cccc(OCCCC)c1)C(O)C(O)C(O)C(O)CO. The Bertz CT molecular complexity index is 537. The first-order chi connectivity index (χ1) is 12.9. The largest absolute Gasteiger partial charge is 0.494 e. The Kier molecular flexibility index (Phi) is 11.2. The molecule has 0 saturated carbocycles. The van der Waals surface area contributed by atoms with Crippen LogP contribution in [0.15, 0.2) is 36.9 Å². The van der Waals surface area contributed by atoms with Gasteiger partial charge in [-0.2, -0.15) is 0 Å². The van der Waals surface area contributed by atoms with Crippen molar-refractivity contribution in [2.45, 2.75) is 63.3 Å². The van der Waals surface area contributed by atoms with Crippen LogP contribution in [0.5, 0.6) is 5.75 Å². The molecule has 1 aromatic rings. The van der Waals surface area contributed by atoms with E-state index in [1.54, 1.807) is 0 Å². The molecule has 0 aromatic heterocycles. The highest BCUT2D eigenvalue weighted by molar-refractivity contribution is 5.28. The number of aliphatic hydroxyl groups is 5. The van der Waals surface area contributed by atoms with Crippen LogP contribution < -0.4 is 4.74 Å². The molecule has 5 atom stereocenters. The number of hydrogen-bond acceptors (Lipinski definition) is 7.